The Morgan fingerprint density at radius 3 is 2.63 bits per heavy atom. The number of carbonyl (C=O) groups excluding carboxylic acids is 1. The summed E-state index contributed by atoms with van der Waals surface area (Å²) in [6, 6.07) is 11.7. The molecule has 0 bridgehead atoms. The van der Waals surface area contributed by atoms with Crippen LogP contribution in [-0.4, -0.2) is 36.5 Å². The zero-order valence-corrected chi connectivity index (χ0v) is 15.7. The van der Waals surface area contributed by atoms with E-state index in [1.54, 1.807) is 24.3 Å². The molecule has 1 aromatic heterocycles. The van der Waals surface area contributed by atoms with E-state index in [4.69, 9.17) is 4.42 Å². The van der Waals surface area contributed by atoms with Gasteiger partial charge in [0.15, 0.2) is 9.84 Å². The fourth-order valence-electron chi connectivity index (χ4n) is 2.09. The van der Waals surface area contributed by atoms with Crippen LogP contribution in [0, 0.1) is 5.82 Å². The molecule has 3 aromatic rings. The number of nitrogens with one attached hydrogen (secondary N) is 1. The van der Waals surface area contributed by atoms with Crippen molar-refractivity contribution in [3.63, 3.8) is 0 Å². The van der Waals surface area contributed by atoms with Crippen LogP contribution in [0.25, 0.3) is 11.5 Å². The number of nitrogens with zero attached hydrogens (tertiary/aromatic N) is 2. The van der Waals surface area contributed by atoms with E-state index in [9.17, 15) is 17.6 Å². The topological polar surface area (TPSA) is 102 Å². The molecule has 10 heteroatoms. The minimum atomic E-state index is -3.37. The number of rotatable bonds is 6. The predicted molar refractivity (Wildman–Crippen MR) is 98.6 cm³/mol. The Morgan fingerprint density at radius 2 is 1.93 bits per heavy atom. The molecule has 0 spiro atoms. The Balaban J connectivity index is 1.64. The first kappa shape index (κ1) is 19.1. The summed E-state index contributed by atoms with van der Waals surface area (Å²) >= 11 is 1.23. The molecule has 0 aliphatic heterocycles. The van der Waals surface area contributed by atoms with Crippen molar-refractivity contribution in [1.82, 2.24) is 10.2 Å². The van der Waals surface area contributed by atoms with Crippen molar-refractivity contribution in [3.05, 3.63) is 54.3 Å². The van der Waals surface area contributed by atoms with Crippen LogP contribution in [0.5, 0.6) is 0 Å². The van der Waals surface area contributed by atoms with Gasteiger partial charge in [-0.25, -0.2) is 12.8 Å². The number of hydrogen-bond donors (Lipinski definition) is 1. The molecule has 1 amide bonds. The Hall–Kier alpha value is -2.72. The predicted octanol–water partition coefficient (Wildman–Crippen LogP) is 3.01. The van der Waals surface area contributed by atoms with E-state index in [1.807, 2.05) is 0 Å². The maximum absolute atomic E-state index is 12.9. The van der Waals surface area contributed by atoms with Gasteiger partial charge in [0.2, 0.25) is 11.8 Å². The van der Waals surface area contributed by atoms with Gasteiger partial charge in [-0.05, 0) is 42.5 Å². The summed E-state index contributed by atoms with van der Waals surface area (Å²) in [5.41, 5.74) is 0.423. The summed E-state index contributed by atoms with van der Waals surface area (Å²) < 4.78 is 41.5. The number of halogens is 1. The fourth-order valence-corrected chi connectivity index (χ4v) is 3.45. The molecular formula is C17H14FN3O4S2. The maximum atomic E-state index is 12.9. The number of carbonyl (C=O) groups is 1. The van der Waals surface area contributed by atoms with Gasteiger partial charge in [-0.1, -0.05) is 11.2 Å². The molecule has 0 fully saturated rings. The SMILES string of the molecule is CS(=O)(=O)c1cccc(-c2nnc(NC(=O)CSc3ccc(F)cc3)o2)c1. The first-order valence-electron chi connectivity index (χ1n) is 7.63. The highest BCUT2D eigenvalue weighted by atomic mass is 32.2. The molecule has 27 heavy (non-hydrogen) atoms. The van der Waals surface area contributed by atoms with Crippen molar-refractivity contribution in [2.24, 2.45) is 0 Å². The highest BCUT2D eigenvalue weighted by Gasteiger charge is 2.14. The highest BCUT2D eigenvalue weighted by molar-refractivity contribution is 8.00. The van der Waals surface area contributed by atoms with Gasteiger partial charge in [0.1, 0.15) is 5.82 Å². The highest BCUT2D eigenvalue weighted by Crippen LogP contribution is 2.23. The van der Waals surface area contributed by atoms with Crippen LogP contribution in [0.15, 0.2) is 62.7 Å². The molecule has 1 heterocycles. The van der Waals surface area contributed by atoms with Gasteiger partial charge in [0.25, 0.3) is 0 Å². The second-order valence-corrected chi connectivity index (χ2v) is 8.57. The molecule has 0 atom stereocenters. The largest absolute Gasteiger partial charge is 0.403 e. The number of aromatic nitrogens is 2. The molecule has 7 nitrogen and oxygen atoms in total. The van der Waals surface area contributed by atoms with E-state index in [0.29, 0.717) is 5.56 Å². The summed E-state index contributed by atoms with van der Waals surface area (Å²) in [6.07, 6.45) is 1.10. The van der Waals surface area contributed by atoms with Crippen molar-refractivity contribution < 1.29 is 22.0 Å². The van der Waals surface area contributed by atoms with E-state index in [-0.39, 0.29) is 34.3 Å². The zero-order chi connectivity index (χ0) is 19.4. The quantitative estimate of drug-likeness (QED) is 0.627. The Bertz CT molecular complexity index is 1070. The van der Waals surface area contributed by atoms with E-state index in [0.717, 1.165) is 11.2 Å². The average Bonchev–Trinajstić information content (AvgIpc) is 3.09. The monoisotopic (exact) mass is 407 g/mol. The molecule has 2 aromatic carbocycles. The summed E-state index contributed by atoms with van der Waals surface area (Å²) in [7, 11) is -3.37. The van der Waals surface area contributed by atoms with Crippen molar-refractivity contribution >= 4 is 33.5 Å². The van der Waals surface area contributed by atoms with Crippen molar-refractivity contribution in [3.8, 4) is 11.5 Å². The second kappa shape index (κ2) is 7.89. The van der Waals surface area contributed by atoms with Crippen LogP contribution in [0.1, 0.15) is 0 Å². The van der Waals surface area contributed by atoms with Crippen LogP contribution >= 0.6 is 11.8 Å². The average molecular weight is 407 g/mol. The third-order valence-electron chi connectivity index (χ3n) is 3.36. The van der Waals surface area contributed by atoms with Crippen LogP contribution in [0.2, 0.25) is 0 Å². The van der Waals surface area contributed by atoms with Crippen LogP contribution in [-0.2, 0) is 14.6 Å². The minimum absolute atomic E-state index is 0.0763. The number of hydrogen-bond acceptors (Lipinski definition) is 7. The van der Waals surface area contributed by atoms with Gasteiger partial charge >= 0.3 is 6.01 Å². The smallest absolute Gasteiger partial charge is 0.322 e. The van der Waals surface area contributed by atoms with E-state index >= 15 is 0 Å². The fraction of sp³-hybridized carbons (Fsp3) is 0.118. The Kier molecular flexibility index (Phi) is 5.57. The molecule has 0 aliphatic rings. The lowest BCUT2D eigenvalue weighted by Gasteiger charge is -2.01. The molecule has 0 unspecified atom stereocenters. The van der Waals surface area contributed by atoms with Crippen molar-refractivity contribution in [1.29, 1.82) is 0 Å². The first-order valence-corrected chi connectivity index (χ1v) is 10.5. The lowest BCUT2D eigenvalue weighted by Crippen LogP contribution is -2.14. The van der Waals surface area contributed by atoms with Crippen LogP contribution < -0.4 is 5.32 Å². The maximum Gasteiger partial charge on any atom is 0.322 e. The van der Waals surface area contributed by atoms with Gasteiger partial charge in [-0.3, -0.25) is 10.1 Å². The van der Waals surface area contributed by atoms with Gasteiger partial charge in [-0.2, -0.15) is 0 Å². The van der Waals surface area contributed by atoms with E-state index in [2.05, 4.69) is 15.5 Å². The van der Waals surface area contributed by atoms with Crippen molar-refractivity contribution in [2.75, 3.05) is 17.3 Å². The van der Waals surface area contributed by atoms with E-state index < -0.39 is 9.84 Å². The van der Waals surface area contributed by atoms with E-state index in [1.165, 1.54) is 36.0 Å². The molecule has 1 N–H and O–H groups in total. The zero-order valence-electron chi connectivity index (χ0n) is 14.0. The molecular weight excluding hydrogens is 393 g/mol. The normalized spacial score (nSPS) is 11.3. The summed E-state index contributed by atoms with van der Waals surface area (Å²) in [5, 5.41) is 10.0. The minimum Gasteiger partial charge on any atom is -0.403 e. The summed E-state index contributed by atoms with van der Waals surface area (Å²) in [4.78, 5) is 12.8. The lowest BCUT2D eigenvalue weighted by atomic mass is 10.2. The third-order valence-corrected chi connectivity index (χ3v) is 5.49. The standard InChI is InChI=1S/C17H14FN3O4S2/c1-27(23,24)14-4-2-3-11(9-14)16-20-21-17(25-16)19-15(22)10-26-13-7-5-12(18)6-8-13/h2-9H,10H2,1H3,(H,19,21,22). The first-order chi connectivity index (χ1) is 12.8. The van der Waals surface area contributed by atoms with Gasteiger partial charge in [0, 0.05) is 16.7 Å². The van der Waals surface area contributed by atoms with Gasteiger partial charge in [0.05, 0.1) is 10.6 Å². The third kappa shape index (κ3) is 5.14. The summed E-state index contributed by atoms with van der Waals surface area (Å²) in [5.74, 6) is -0.555. The number of benzene rings is 2. The van der Waals surface area contributed by atoms with Crippen LogP contribution in [0.3, 0.4) is 0 Å². The molecule has 0 radical (unpaired) electrons. The molecule has 0 saturated carbocycles. The number of anilines is 1. The number of amides is 1. The molecule has 0 saturated heterocycles. The molecule has 3 rings (SSSR count). The Labute approximate surface area is 158 Å². The van der Waals surface area contributed by atoms with Crippen LogP contribution in [0.4, 0.5) is 10.4 Å². The summed E-state index contributed by atoms with van der Waals surface area (Å²) in [6.45, 7) is 0. The lowest BCUT2D eigenvalue weighted by molar-refractivity contribution is -0.113. The molecule has 140 valence electrons. The Morgan fingerprint density at radius 1 is 1.19 bits per heavy atom. The van der Waals surface area contributed by atoms with Gasteiger partial charge in [-0.15, -0.1) is 16.9 Å². The number of sulfone groups is 1. The van der Waals surface area contributed by atoms with Crippen molar-refractivity contribution in [2.45, 2.75) is 9.79 Å². The number of thioether (sulfide) groups is 1. The van der Waals surface area contributed by atoms with Gasteiger partial charge < -0.3 is 4.42 Å². The molecule has 0 aliphatic carbocycles. The second-order valence-electron chi connectivity index (χ2n) is 5.50.